The maximum absolute atomic E-state index is 11.7. The summed E-state index contributed by atoms with van der Waals surface area (Å²) in [4.78, 5) is 0. The van der Waals surface area contributed by atoms with Gasteiger partial charge in [0, 0.05) is 34.0 Å². The number of rotatable bonds is 8. The molecule has 4 aromatic carbocycles. The van der Waals surface area contributed by atoms with Gasteiger partial charge in [0.15, 0.2) is 0 Å². The van der Waals surface area contributed by atoms with Crippen molar-refractivity contribution >= 4 is 24.2 Å². The summed E-state index contributed by atoms with van der Waals surface area (Å²) in [5.41, 5.74) is 1.65. The van der Waals surface area contributed by atoms with E-state index in [9.17, 15) is 20.4 Å². The molecular formula is C30H26N4O6Zn. The zero-order chi connectivity index (χ0) is 28.7. The van der Waals surface area contributed by atoms with Gasteiger partial charge in [-0.3, -0.25) is 0 Å². The first kappa shape index (κ1) is 32.2. The topological polar surface area (TPSA) is 154 Å². The average molecular weight is 604 g/mol. The van der Waals surface area contributed by atoms with Gasteiger partial charge in [-0.1, -0.05) is 60.7 Å². The zero-order valence-electron chi connectivity index (χ0n) is 22.4. The van der Waals surface area contributed by atoms with Gasteiger partial charge >= 0.3 is 19.5 Å². The van der Waals surface area contributed by atoms with Crippen LogP contribution in [0.4, 0.5) is 0 Å². The fourth-order valence-electron chi connectivity index (χ4n) is 3.25. The Morgan fingerprint density at radius 1 is 0.585 bits per heavy atom. The summed E-state index contributed by atoms with van der Waals surface area (Å²) >= 11 is 0. The van der Waals surface area contributed by atoms with Crippen molar-refractivity contribution in [3.05, 3.63) is 119 Å². The minimum atomic E-state index is -0.603. The van der Waals surface area contributed by atoms with Gasteiger partial charge in [0.25, 0.3) is 0 Å². The average Bonchev–Trinajstić information content (AvgIpc) is 2.98. The Hall–Kier alpha value is -5.02. The third-order valence-electron chi connectivity index (χ3n) is 5.24. The number of ether oxygens (including phenoxy) is 2. The molecular weight excluding hydrogens is 578 g/mol. The first-order valence-corrected chi connectivity index (χ1v) is 11.8. The van der Waals surface area contributed by atoms with Crippen molar-refractivity contribution < 1.29 is 49.4 Å². The smallest absolute Gasteiger partial charge is 0.857 e. The molecule has 0 spiro atoms. The molecule has 0 radical (unpaired) electrons. The normalized spacial score (nSPS) is 11.5. The van der Waals surface area contributed by atoms with Crippen LogP contribution in [0.25, 0.3) is 0 Å². The predicted octanol–water partition coefficient (Wildman–Crippen LogP) is 3.08. The third kappa shape index (κ3) is 9.59. The van der Waals surface area contributed by atoms with Crippen molar-refractivity contribution in [1.82, 2.24) is 0 Å². The molecule has 41 heavy (non-hydrogen) atoms. The molecule has 0 amide bonds. The Labute approximate surface area is 250 Å². The van der Waals surface area contributed by atoms with E-state index in [-0.39, 0.29) is 42.1 Å². The summed E-state index contributed by atoms with van der Waals surface area (Å²) in [6.07, 6.45) is 2.85. The second-order valence-corrected chi connectivity index (χ2v) is 7.82. The predicted molar refractivity (Wildman–Crippen MR) is 150 cm³/mol. The summed E-state index contributed by atoms with van der Waals surface area (Å²) < 4.78 is 10.3. The van der Waals surface area contributed by atoms with Gasteiger partial charge in [-0.05, 0) is 36.4 Å². The fourth-order valence-corrected chi connectivity index (χ4v) is 3.25. The SMILES string of the molecule is COc1ccccc1/C=N/N=C(\[O-])c1ccccc1O.COc1ccccc1/C=N/N=C(\[O-])c1ccccc1O.[Zn+2]. The van der Waals surface area contributed by atoms with Crippen LogP contribution in [0.1, 0.15) is 22.3 Å². The maximum atomic E-state index is 11.7. The number of nitrogens with zero attached hydrogens (tertiary/aromatic N) is 4. The van der Waals surface area contributed by atoms with Crippen molar-refractivity contribution in [1.29, 1.82) is 0 Å². The summed E-state index contributed by atoms with van der Waals surface area (Å²) in [6, 6.07) is 26.8. The van der Waals surface area contributed by atoms with E-state index >= 15 is 0 Å². The number of hydrogen-bond acceptors (Lipinski definition) is 10. The molecule has 0 unspecified atom stereocenters. The van der Waals surface area contributed by atoms with Crippen LogP contribution >= 0.6 is 0 Å². The first-order chi connectivity index (χ1) is 19.4. The van der Waals surface area contributed by atoms with Crippen LogP contribution in [-0.2, 0) is 19.5 Å². The number of hydrogen-bond donors (Lipinski definition) is 2. The minimum Gasteiger partial charge on any atom is -0.857 e. The number of phenols is 2. The van der Waals surface area contributed by atoms with Gasteiger partial charge in [0.1, 0.15) is 23.0 Å². The molecule has 0 fully saturated rings. The molecule has 0 aliphatic carbocycles. The van der Waals surface area contributed by atoms with E-state index in [0.717, 1.165) is 0 Å². The zero-order valence-corrected chi connectivity index (χ0v) is 25.4. The van der Waals surface area contributed by atoms with E-state index in [4.69, 9.17) is 9.47 Å². The maximum Gasteiger partial charge on any atom is 2.00 e. The van der Waals surface area contributed by atoms with Crippen LogP contribution in [0.3, 0.4) is 0 Å². The third-order valence-corrected chi connectivity index (χ3v) is 5.24. The van der Waals surface area contributed by atoms with Crippen LogP contribution in [0.15, 0.2) is 117 Å². The molecule has 0 aromatic heterocycles. The number of aromatic hydroxyl groups is 2. The Balaban J connectivity index is 0.000000280. The van der Waals surface area contributed by atoms with Crippen LogP contribution in [0.5, 0.6) is 23.0 Å². The molecule has 0 aliphatic heterocycles. The van der Waals surface area contributed by atoms with Crippen LogP contribution in [-0.4, -0.2) is 48.7 Å². The van der Waals surface area contributed by atoms with Gasteiger partial charge in [-0.15, -0.1) is 0 Å². The van der Waals surface area contributed by atoms with Gasteiger partial charge in [-0.25, -0.2) is 0 Å². The second-order valence-electron chi connectivity index (χ2n) is 7.82. The van der Waals surface area contributed by atoms with E-state index in [1.165, 1.54) is 36.7 Å². The minimum absolute atomic E-state index is 0. The van der Waals surface area contributed by atoms with Gasteiger partial charge in [0.05, 0.1) is 26.6 Å². The summed E-state index contributed by atoms with van der Waals surface area (Å²) in [5, 5.41) is 57.1. The van der Waals surface area contributed by atoms with Crippen molar-refractivity contribution in [2.45, 2.75) is 0 Å². The van der Waals surface area contributed by atoms with E-state index in [2.05, 4.69) is 20.4 Å². The molecule has 0 aliphatic rings. The quantitative estimate of drug-likeness (QED) is 0.137. The van der Waals surface area contributed by atoms with Gasteiger partial charge in [0.2, 0.25) is 0 Å². The standard InChI is InChI=1S/2C15H14N2O3.Zn/c2*1-20-14-9-5-2-6-11(14)10-16-17-15(19)12-7-3-4-8-13(12)18;/h2*2-10,18H,1H3,(H,17,19);/q;;+2/p-2/b2*16-10+;. The Morgan fingerprint density at radius 3 is 1.29 bits per heavy atom. The molecule has 0 bridgehead atoms. The van der Waals surface area contributed by atoms with Crippen molar-refractivity contribution in [2.24, 2.45) is 20.4 Å². The van der Waals surface area contributed by atoms with Crippen LogP contribution < -0.4 is 19.7 Å². The summed E-state index contributed by atoms with van der Waals surface area (Å²) in [5.74, 6) is -0.158. The van der Waals surface area contributed by atoms with Crippen molar-refractivity contribution in [2.75, 3.05) is 14.2 Å². The van der Waals surface area contributed by atoms with Gasteiger partial charge in [-0.2, -0.15) is 20.4 Å². The Kier molecular flexibility index (Phi) is 13.2. The van der Waals surface area contributed by atoms with E-state index in [1.54, 1.807) is 62.8 Å². The Bertz CT molecular complexity index is 1420. The molecule has 0 saturated carbocycles. The molecule has 0 atom stereocenters. The molecule has 2 N–H and O–H groups in total. The molecule has 4 aromatic rings. The fraction of sp³-hybridized carbons (Fsp3) is 0.0667. The van der Waals surface area contributed by atoms with Crippen LogP contribution in [0.2, 0.25) is 0 Å². The van der Waals surface area contributed by atoms with E-state index < -0.39 is 11.8 Å². The first-order valence-electron chi connectivity index (χ1n) is 11.8. The molecule has 4 rings (SSSR count). The largest absolute Gasteiger partial charge is 2.00 e. The molecule has 0 saturated heterocycles. The Morgan fingerprint density at radius 2 is 0.927 bits per heavy atom. The van der Waals surface area contributed by atoms with E-state index in [0.29, 0.717) is 22.6 Å². The number of para-hydroxylation sites is 4. The molecule has 0 heterocycles. The second kappa shape index (κ2) is 16.8. The van der Waals surface area contributed by atoms with Gasteiger partial charge < -0.3 is 29.9 Å². The number of methoxy groups -OCH3 is 2. The van der Waals surface area contributed by atoms with Crippen molar-refractivity contribution in [3.8, 4) is 23.0 Å². The molecule has 204 valence electrons. The molecule has 10 nitrogen and oxygen atoms in total. The monoisotopic (exact) mass is 602 g/mol. The number of phenolic OH excluding ortho intramolecular Hbond substituents is 2. The van der Waals surface area contributed by atoms with Crippen LogP contribution in [0, 0.1) is 0 Å². The molecule has 11 heteroatoms. The number of benzene rings is 4. The van der Waals surface area contributed by atoms with Crippen molar-refractivity contribution in [3.63, 3.8) is 0 Å². The summed E-state index contributed by atoms with van der Waals surface area (Å²) in [7, 11) is 3.11. The summed E-state index contributed by atoms with van der Waals surface area (Å²) in [6.45, 7) is 0. The van der Waals surface area contributed by atoms with E-state index in [1.807, 2.05) is 24.3 Å².